The zero-order chi connectivity index (χ0) is 13.1. The Morgan fingerprint density at radius 3 is 2.58 bits per heavy atom. The first-order chi connectivity index (χ1) is 9.34. The fourth-order valence-electron chi connectivity index (χ4n) is 1.94. The van der Waals surface area contributed by atoms with Crippen molar-refractivity contribution in [3.63, 3.8) is 0 Å². The number of benzene rings is 2. The molecule has 94 valence electrons. The van der Waals surface area contributed by atoms with Crippen LogP contribution in [0, 0.1) is 0 Å². The summed E-state index contributed by atoms with van der Waals surface area (Å²) in [5.74, 6) is 0.595. The van der Waals surface area contributed by atoms with Gasteiger partial charge in [0.1, 0.15) is 17.6 Å². The predicted molar refractivity (Wildman–Crippen MR) is 72.5 cm³/mol. The van der Waals surface area contributed by atoms with Crippen LogP contribution < -0.4 is 4.74 Å². The molecule has 0 aliphatic rings. The van der Waals surface area contributed by atoms with E-state index < -0.39 is 0 Å². The van der Waals surface area contributed by atoms with Crippen molar-refractivity contribution >= 4 is 16.8 Å². The number of para-hydroxylation sites is 2. The summed E-state index contributed by atoms with van der Waals surface area (Å²) in [5.41, 5.74) is 1.28. The molecule has 3 rings (SSSR count). The second kappa shape index (κ2) is 4.98. The van der Waals surface area contributed by atoms with Gasteiger partial charge in [0.15, 0.2) is 6.61 Å². The number of ketones is 1. The van der Waals surface area contributed by atoms with Crippen LogP contribution in [0.1, 0.15) is 10.4 Å². The first-order valence-electron chi connectivity index (χ1n) is 6.02. The molecule has 0 radical (unpaired) electrons. The second-order valence-electron chi connectivity index (χ2n) is 4.17. The Labute approximate surface area is 110 Å². The average molecular weight is 252 g/mol. The Morgan fingerprint density at radius 2 is 1.74 bits per heavy atom. The Bertz CT molecular complexity index is 698. The van der Waals surface area contributed by atoms with Crippen LogP contribution in [0.3, 0.4) is 0 Å². The SMILES string of the molecule is O=C(COc1ccccc1)c1coc2ccccc12. The number of ether oxygens (including phenoxy) is 1. The topological polar surface area (TPSA) is 39.4 Å². The van der Waals surface area contributed by atoms with Crippen LogP contribution in [0.2, 0.25) is 0 Å². The highest BCUT2D eigenvalue weighted by Crippen LogP contribution is 2.21. The van der Waals surface area contributed by atoms with Crippen LogP contribution >= 0.6 is 0 Å². The molecule has 0 saturated heterocycles. The molecule has 19 heavy (non-hydrogen) atoms. The number of fused-ring (bicyclic) bond motifs is 1. The summed E-state index contributed by atoms with van der Waals surface area (Å²) in [6.45, 7) is 0.00748. The molecule has 0 aliphatic heterocycles. The van der Waals surface area contributed by atoms with E-state index in [1.165, 1.54) is 6.26 Å². The minimum atomic E-state index is -0.0891. The van der Waals surface area contributed by atoms with E-state index in [9.17, 15) is 4.79 Å². The number of Topliss-reactive ketones (excluding diaryl/α,β-unsaturated/α-hetero) is 1. The van der Waals surface area contributed by atoms with Crippen LogP contribution in [-0.4, -0.2) is 12.4 Å². The highest BCUT2D eigenvalue weighted by Gasteiger charge is 2.13. The van der Waals surface area contributed by atoms with Crippen LogP contribution in [0.15, 0.2) is 65.3 Å². The Morgan fingerprint density at radius 1 is 1.00 bits per heavy atom. The van der Waals surface area contributed by atoms with Crippen LogP contribution in [-0.2, 0) is 0 Å². The van der Waals surface area contributed by atoms with Crippen molar-refractivity contribution in [1.29, 1.82) is 0 Å². The number of furan rings is 1. The summed E-state index contributed by atoms with van der Waals surface area (Å²) in [7, 11) is 0. The lowest BCUT2D eigenvalue weighted by Gasteiger charge is -2.03. The van der Waals surface area contributed by atoms with E-state index in [2.05, 4.69) is 0 Å². The van der Waals surface area contributed by atoms with Crippen molar-refractivity contribution < 1.29 is 13.9 Å². The van der Waals surface area contributed by atoms with Crippen molar-refractivity contribution in [1.82, 2.24) is 0 Å². The molecular formula is C16H12O3. The first-order valence-corrected chi connectivity index (χ1v) is 6.02. The zero-order valence-electron chi connectivity index (χ0n) is 10.2. The van der Waals surface area contributed by atoms with Gasteiger partial charge in [0.25, 0.3) is 0 Å². The monoisotopic (exact) mass is 252 g/mol. The van der Waals surface area contributed by atoms with E-state index in [1.54, 1.807) is 0 Å². The molecular weight excluding hydrogens is 240 g/mol. The molecule has 0 unspecified atom stereocenters. The second-order valence-corrected chi connectivity index (χ2v) is 4.17. The Hall–Kier alpha value is -2.55. The fourth-order valence-corrected chi connectivity index (χ4v) is 1.94. The minimum absolute atomic E-state index is 0.00748. The van der Waals surface area contributed by atoms with Crippen LogP contribution in [0.25, 0.3) is 11.0 Å². The Balaban J connectivity index is 1.77. The predicted octanol–water partition coefficient (Wildman–Crippen LogP) is 3.69. The molecule has 1 heterocycles. The maximum absolute atomic E-state index is 12.1. The molecule has 2 aromatic carbocycles. The van der Waals surface area contributed by atoms with Gasteiger partial charge < -0.3 is 9.15 Å². The van der Waals surface area contributed by atoms with Gasteiger partial charge in [-0.15, -0.1) is 0 Å². The summed E-state index contributed by atoms with van der Waals surface area (Å²) in [4.78, 5) is 12.1. The summed E-state index contributed by atoms with van der Waals surface area (Å²) < 4.78 is 10.8. The molecule has 0 amide bonds. The molecule has 0 N–H and O–H groups in total. The number of rotatable bonds is 4. The largest absolute Gasteiger partial charge is 0.485 e. The third-order valence-corrected chi connectivity index (χ3v) is 2.89. The fraction of sp³-hybridized carbons (Fsp3) is 0.0625. The van der Waals surface area contributed by atoms with Gasteiger partial charge in [0, 0.05) is 5.39 Å². The average Bonchev–Trinajstić information content (AvgIpc) is 2.90. The van der Waals surface area contributed by atoms with E-state index in [1.807, 2.05) is 54.6 Å². The maximum atomic E-state index is 12.1. The number of hydrogen-bond donors (Lipinski definition) is 0. The summed E-state index contributed by atoms with van der Waals surface area (Å²) >= 11 is 0. The molecule has 3 nitrogen and oxygen atoms in total. The lowest BCUT2D eigenvalue weighted by molar-refractivity contribution is 0.0922. The van der Waals surface area contributed by atoms with E-state index in [0.717, 1.165) is 5.39 Å². The van der Waals surface area contributed by atoms with E-state index in [0.29, 0.717) is 16.9 Å². The molecule has 0 fully saturated rings. The van der Waals surface area contributed by atoms with Gasteiger partial charge >= 0.3 is 0 Å². The summed E-state index contributed by atoms with van der Waals surface area (Å²) in [6, 6.07) is 16.7. The number of hydrogen-bond acceptors (Lipinski definition) is 3. The van der Waals surface area contributed by atoms with E-state index in [4.69, 9.17) is 9.15 Å². The van der Waals surface area contributed by atoms with Gasteiger partial charge in [0.05, 0.1) is 5.56 Å². The Kier molecular flexibility index (Phi) is 3.02. The van der Waals surface area contributed by atoms with Gasteiger partial charge in [-0.1, -0.05) is 36.4 Å². The van der Waals surface area contributed by atoms with Gasteiger partial charge in [-0.25, -0.2) is 0 Å². The quantitative estimate of drug-likeness (QED) is 0.665. The van der Waals surface area contributed by atoms with Gasteiger partial charge in [-0.2, -0.15) is 0 Å². The van der Waals surface area contributed by atoms with E-state index >= 15 is 0 Å². The molecule has 0 saturated carbocycles. The summed E-state index contributed by atoms with van der Waals surface area (Å²) in [5, 5.41) is 0.823. The molecule has 3 aromatic rings. The zero-order valence-corrected chi connectivity index (χ0v) is 10.2. The summed E-state index contributed by atoms with van der Waals surface area (Å²) in [6.07, 6.45) is 1.49. The lowest BCUT2D eigenvalue weighted by atomic mass is 10.1. The van der Waals surface area contributed by atoms with Crippen molar-refractivity contribution in [2.45, 2.75) is 0 Å². The molecule has 0 bridgehead atoms. The van der Waals surface area contributed by atoms with Gasteiger partial charge in [-0.05, 0) is 18.2 Å². The van der Waals surface area contributed by atoms with E-state index in [-0.39, 0.29) is 12.4 Å². The maximum Gasteiger partial charge on any atom is 0.204 e. The van der Waals surface area contributed by atoms with Crippen molar-refractivity contribution in [3.8, 4) is 5.75 Å². The highest BCUT2D eigenvalue weighted by atomic mass is 16.5. The third kappa shape index (κ3) is 2.36. The minimum Gasteiger partial charge on any atom is -0.485 e. The molecule has 1 aromatic heterocycles. The van der Waals surface area contributed by atoms with Gasteiger partial charge in [-0.3, -0.25) is 4.79 Å². The van der Waals surface area contributed by atoms with Crippen molar-refractivity contribution in [2.75, 3.05) is 6.61 Å². The van der Waals surface area contributed by atoms with Gasteiger partial charge in [0.2, 0.25) is 5.78 Å². The molecule has 0 spiro atoms. The van der Waals surface area contributed by atoms with Crippen molar-refractivity contribution in [3.05, 3.63) is 66.4 Å². The third-order valence-electron chi connectivity index (χ3n) is 2.89. The van der Waals surface area contributed by atoms with Crippen LogP contribution in [0.4, 0.5) is 0 Å². The number of carbonyl (C=O) groups is 1. The smallest absolute Gasteiger partial charge is 0.204 e. The normalized spacial score (nSPS) is 10.5. The first kappa shape index (κ1) is 11.5. The molecule has 0 atom stereocenters. The standard InChI is InChI=1S/C16H12O3/c17-15(11-18-12-6-2-1-3-7-12)14-10-19-16-9-5-4-8-13(14)16/h1-10H,11H2. The molecule has 0 aliphatic carbocycles. The van der Waals surface area contributed by atoms with Crippen molar-refractivity contribution in [2.24, 2.45) is 0 Å². The molecule has 3 heteroatoms. The van der Waals surface area contributed by atoms with Crippen LogP contribution in [0.5, 0.6) is 5.75 Å². The lowest BCUT2D eigenvalue weighted by Crippen LogP contribution is -2.10. The highest BCUT2D eigenvalue weighted by molar-refractivity contribution is 6.07. The number of carbonyl (C=O) groups excluding carboxylic acids is 1.